The van der Waals surface area contributed by atoms with Crippen molar-refractivity contribution in [1.29, 1.82) is 0 Å². The zero-order valence-electron chi connectivity index (χ0n) is 7.35. The van der Waals surface area contributed by atoms with E-state index in [1.165, 1.54) is 6.08 Å². The Morgan fingerprint density at radius 2 is 2.00 bits per heavy atom. The van der Waals surface area contributed by atoms with Crippen LogP contribution in [0.2, 0.25) is 0 Å². The molecule has 0 heterocycles. The summed E-state index contributed by atoms with van der Waals surface area (Å²) in [5.74, 6) is 4.44. The standard InChI is InChI=1S/C10H9ClN2O/c11-10(13-12)9(14)7-6-8-4-2-1-3-5-8/h1-7H,12H2/b7-6+,13-10-. The summed E-state index contributed by atoms with van der Waals surface area (Å²) in [4.78, 5) is 11.1. The SMILES string of the molecule is N/N=C(\Cl)C(=O)/C=C/c1ccccc1. The van der Waals surface area contributed by atoms with E-state index in [2.05, 4.69) is 5.10 Å². The van der Waals surface area contributed by atoms with Crippen molar-refractivity contribution in [2.75, 3.05) is 0 Å². The van der Waals surface area contributed by atoms with Crippen LogP contribution in [-0.4, -0.2) is 11.0 Å². The summed E-state index contributed by atoms with van der Waals surface area (Å²) in [6, 6.07) is 9.40. The van der Waals surface area contributed by atoms with Crippen molar-refractivity contribution in [1.82, 2.24) is 0 Å². The van der Waals surface area contributed by atoms with Gasteiger partial charge in [0.15, 0.2) is 5.17 Å². The first kappa shape index (κ1) is 10.5. The maximum atomic E-state index is 11.1. The molecule has 1 rings (SSSR count). The van der Waals surface area contributed by atoms with Crippen molar-refractivity contribution < 1.29 is 4.79 Å². The molecule has 0 atom stereocenters. The fraction of sp³-hybridized carbons (Fsp3) is 0. The van der Waals surface area contributed by atoms with Crippen molar-refractivity contribution in [2.24, 2.45) is 10.9 Å². The molecule has 0 aliphatic carbocycles. The Kier molecular flexibility index (Phi) is 3.88. The van der Waals surface area contributed by atoms with Crippen LogP contribution in [0.3, 0.4) is 0 Å². The average Bonchev–Trinajstić information content (AvgIpc) is 2.26. The Hall–Kier alpha value is -1.61. The molecule has 0 saturated heterocycles. The zero-order chi connectivity index (χ0) is 10.4. The number of hydrogen-bond acceptors (Lipinski definition) is 3. The Bertz CT molecular complexity index is 371. The van der Waals surface area contributed by atoms with E-state index in [1.54, 1.807) is 6.08 Å². The highest BCUT2D eigenvalue weighted by atomic mass is 35.5. The van der Waals surface area contributed by atoms with Crippen molar-refractivity contribution in [3.63, 3.8) is 0 Å². The van der Waals surface area contributed by atoms with Gasteiger partial charge >= 0.3 is 0 Å². The van der Waals surface area contributed by atoms with Crippen LogP contribution < -0.4 is 5.84 Å². The van der Waals surface area contributed by atoms with Gasteiger partial charge in [-0.1, -0.05) is 48.0 Å². The molecule has 0 unspecified atom stereocenters. The Labute approximate surface area is 86.9 Å². The van der Waals surface area contributed by atoms with Crippen LogP contribution in [0.1, 0.15) is 5.56 Å². The minimum absolute atomic E-state index is 0.225. The van der Waals surface area contributed by atoms with E-state index < -0.39 is 5.78 Å². The number of halogens is 1. The van der Waals surface area contributed by atoms with Crippen LogP contribution in [0.4, 0.5) is 0 Å². The van der Waals surface area contributed by atoms with Gasteiger partial charge in [-0.2, -0.15) is 5.10 Å². The van der Waals surface area contributed by atoms with Crippen LogP contribution >= 0.6 is 11.6 Å². The van der Waals surface area contributed by atoms with Crippen LogP contribution in [0, 0.1) is 0 Å². The molecule has 0 aliphatic heterocycles. The number of hydrogen-bond donors (Lipinski definition) is 1. The smallest absolute Gasteiger partial charge is 0.217 e. The maximum Gasteiger partial charge on any atom is 0.217 e. The third-order valence-corrected chi connectivity index (χ3v) is 1.83. The van der Waals surface area contributed by atoms with E-state index in [0.717, 1.165) is 5.56 Å². The van der Waals surface area contributed by atoms with Crippen LogP contribution in [0.5, 0.6) is 0 Å². The van der Waals surface area contributed by atoms with Crippen LogP contribution in [0.25, 0.3) is 6.08 Å². The maximum absolute atomic E-state index is 11.1. The van der Waals surface area contributed by atoms with Crippen molar-refractivity contribution in [3.8, 4) is 0 Å². The molecule has 3 nitrogen and oxygen atoms in total. The highest BCUT2D eigenvalue weighted by Gasteiger charge is 2.02. The second kappa shape index (κ2) is 5.19. The lowest BCUT2D eigenvalue weighted by Crippen LogP contribution is -2.05. The van der Waals surface area contributed by atoms with E-state index in [0.29, 0.717) is 0 Å². The lowest BCUT2D eigenvalue weighted by atomic mass is 10.2. The van der Waals surface area contributed by atoms with Gasteiger partial charge in [-0.3, -0.25) is 4.79 Å². The van der Waals surface area contributed by atoms with Gasteiger partial charge in [0.25, 0.3) is 0 Å². The van der Waals surface area contributed by atoms with Gasteiger partial charge in [-0.15, -0.1) is 0 Å². The second-order valence-electron chi connectivity index (χ2n) is 2.53. The number of benzene rings is 1. The van der Waals surface area contributed by atoms with E-state index in [4.69, 9.17) is 17.4 Å². The first-order valence-electron chi connectivity index (χ1n) is 3.95. The van der Waals surface area contributed by atoms with Gasteiger partial charge in [0.2, 0.25) is 5.78 Å². The summed E-state index contributed by atoms with van der Waals surface area (Å²) in [7, 11) is 0. The zero-order valence-corrected chi connectivity index (χ0v) is 8.11. The summed E-state index contributed by atoms with van der Waals surface area (Å²) in [5.41, 5.74) is 0.919. The van der Waals surface area contributed by atoms with E-state index >= 15 is 0 Å². The Morgan fingerprint density at radius 3 is 2.57 bits per heavy atom. The van der Waals surface area contributed by atoms with Gasteiger partial charge in [-0.25, -0.2) is 0 Å². The number of ketones is 1. The van der Waals surface area contributed by atoms with E-state index in [1.807, 2.05) is 30.3 Å². The lowest BCUT2D eigenvalue weighted by Gasteiger charge is -1.90. The summed E-state index contributed by atoms with van der Waals surface area (Å²) in [6.45, 7) is 0. The summed E-state index contributed by atoms with van der Waals surface area (Å²) < 4.78 is 0. The number of hydrazone groups is 1. The fourth-order valence-corrected chi connectivity index (χ4v) is 0.931. The number of carbonyl (C=O) groups is 1. The molecule has 14 heavy (non-hydrogen) atoms. The summed E-state index contributed by atoms with van der Waals surface area (Å²) in [5, 5.41) is 2.86. The molecule has 0 fully saturated rings. The fourth-order valence-electron chi connectivity index (χ4n) is 0.868. The normalized spacial score (nSPS) is 11.9. The van der Waals surface area contributed by atoms with Crippen LogP contribution in [-0.2, 0) is 4.79 Å². The average molecular weight is 209 g/mol. The molecule has 0 radical (unpaired) electrons. The molecule has 0 amide bonds. The molecule has 0 bridgehead atoms. The molecule has 72 valence electrons. The molecule has 0 spiro atoms. The Balaban J connectivity index is 2.70. The topological polar surface area (TPSA) is 55.4 Å². The quantitative estimate of drug-likeness (QED) is 0.356. The largest absolute Gasteiger partial charge is 0.322 e. The third kappa shape index (κ3) is 3.03. The highest BCUT2D eigenvalue weighted by Crippen LogP contribution is 2.01. The van der Waals surface area contributed by atoms with Crippen LogP contribution in [0.15, 0.2) is 41.5 Å². The monoisotopic (exact) mass is 208 g/mol. The molecular weight excluding hydrogens is 200 g/mol. The van der Waals surface area contributed by atoms with Crippen molar-refractivity contribution in [3.05, 3.63) is 42.0 Å². The van der Waals surface area contributed by atoms with Gasteiger partial charge in [0.05, 0.1) is 0 Å². The second-order valence-corrected chi connectivity index (χ2v) is 2.89. The van der Waals surface area contributed by atoms with Crippen molar-refractivity contribution in [2.45, 2.75) is 0 Å². The van der Waals surface area contributed by atoms with E-state index in [9.17, 15) is 4.79 Å². The van der Waals surface area contributed by atoms with E-state index in [-0.39, 0.29) is 5.17 Å². The molecule has 2 N–H and O–H groups in total. The first-order valence-corrected chi connectivity index (χ1v) is 4.32. The minimum Gasteiger partial charge on any atom is -0.322 e. The molecule has 1 aromatic rings. The third-order valence-electron chi connectivity index (χ3n) is 1.54. The Morgan fingerprint density at radius 1 is 1.36 bits per heavy atom. The molecule has 0 aromatic heterocycles. The molecular formula is C10H9ClN2O. The number of carbonyl (C=O) groups excluding carboxylic acids is 1. The van der Waals surface area contributed by atoms with Gasteiger partial charge in [0.1, 0.15) is 0 Å². The molecule has 0 aliphatic rings. The van der Waals surface area contributed by atoms with Crippen molar-refractivity contribution >= 4 is 28.6 Å². The van der Waals surface area contributed by atoms with Gasteiger partial charge in [-0.05, 0) is 11.6 Å². The predicted molar refractivity (Wildman–Crippen MR) is 58.0 cm³/mol. The highest BCUT2D eigenvalue weighted by molar-refractivity contribution is 6.84. The van der Waals surface area contributed by atoms with Gasteiger partial charge in [0, 0.05) is 0 Å². The van der Waals surface area contributed by atoms with Gasteiger partial charge < -0.3 is 5.84 Å². The lowest BCUT2D eigenvalue weighted by molar-refractivity contribution is -0.108. The number of nitrogens with zero attached hydrogens (tertiary/aromatic N) is 1. The molecule has 0 saturated carbocycles. The molecule has 4 heteroatoms. The number of nitrogens with two attached hydrogens (primary N) is 1. The minimum atomic E-state index is -0.405. The number of rotatable bonds is 3. The number of allylic oxidation sites excluding steroid dienone is 1. The summed E-state index contributed by atoms with van der Waals surface area (Å²) >= 11 is 5.41. The summed E-state index contributed by atoms with van der Waals surface area (Å²) in [6.07, 6.45) is 2.98. The predicted octanol–water partition coefficient (Wildman–Crippen LogP) is 1.78. The first-order chi connectivity index (χ1) is 6.74. The molecule has 1 aromatic carbocycles.